The predicted molar refractivity (Wildman–Crippen MR) is 71.0 cm³/mol. The zero-order valence-electron chi connectivity index (χ0n) is 11.1. The first-order valence-electron chi connectivity index (χ1n) is 5.93. The molecule has 104 valence electrons. The van der Waals surface area contributed by atoms with Crippen molar-refractivity contribution >= 4 is 12.0 Å². The molecule has 0 saturated heterocycles. The molecule has 0 bridgehead atoms. The zero-order valence-corrected chi connectivity index (χ0v) is 11.1. The Hall–Kier alpha value is -2.63. The molecule has 1 aromatic heterocycles. The summed E-state index contributed by atoms with van der Waals surface area (Å²) in [6.45, 7) is 3.56. The molecule has 0 amide bonds. The van der Waals surface area contributed by atoms with Gasteiger partial charge in [-0.25, -0.2) is 0 Å². The zero-order chi connectivity index (χ0) is 14.7. The predicted octanol–water partition coefficient (Wildman–Crippen LogP) is 3.20. The van der Waals surface area contributed by atoms with Crippen LogP contribution >= 0.6 is 0 Å². The molecule has 2 rings (SSSR count). The molecular formula is C14H13NO5. The van der Waals surface area contributed by atoms with Crippen LogP contribution < -0.4 is 4.74 Å². The highest BCUT2D eigenvalue weighted by Crippen LogP contribution is 2.32. The van der Waals surface area contributed by atoms with Gasteiger partial charge in [0.05, 0.1) is 4.92 Å². The number of nitrogens with zero attached hydrogens (tertiary/aromatic N) is 1. The summed E-state index contributed by atoms with van der Waals surface area (Å²) in [5.41, 5.74) is 1.39. The number of furan rings is 1. The maximum Gasteiger partial charge on any atom is 0.311 e. The van der Waals surface area contributed by atoms with Gasteiger partial charge in [-0.05, 0) is 37.1 Å². The minimum absolute atomic E-state index is 0.0264. The number of hydrogen-bond donors (Lipinski definition) is 0. The van der Waals surface area contributed by atoms with Gasteiger partial charge in [-0.3, -0.25) is 14.9 Å². The van der Waals surface area contributed by atoms with Crippen molar-refractivity contribution in [3.63, 3.8) is 0 Å². The summed E-state index contributed by atoms with van der Waals surface area (Å²) in [5.74, 6) is 0.838. The number of carbonyl (C=O) groups excluding carboxylic acids is 1. The molecule has 0 atom stereocenters. The molecule has 1 heterocycles. The highest BCUT2D eigenvalue weighted by molar-refractivity contribution is 5.70. The van der Waals surface area contributed by atoms with E-state index in [1.807, 2.05) is 0 Å². The van der Waals surface area contributed by atoms with Crippen molar-refractivity contribution in [1.82, 2.24) is 0 Å². The van der Waals surface area contributed by atoms with Crippen LogP contribution in [0.5, 0.6) is 5.75 Å². The van der Waals surface area contributed by atoms with E-state index in [0.29, 0.717) is 17.6 Å². The second kappa shape index (κ2) is 5.56. The number of aldehydes is 1. The van der Waals surface area contributed by atoms with Crippen LogP contribution in [0.25, 0.3) is 0 Å². The number of ether oxygens (including phenoxy) is 1. The molecule has 6 nitrogen and oxygen atoms in total. The standard InChI is InChI=1S/C14H13NO5/c1-9-5-10(2)14(13(6-9)15(17)18)19-8-12-4-3-11(7-16)20-12/h3-7H,8H2,1-2H3. The van der Waals surface area contributed by atoms with Gasteiger partial charge in [0.1, 0.15) is 12.4 Å². The normalized spacial score (nSPS) is 10.3. The van der Waals surface area contributed by atoms with Gasteiger partial charge in [0.25, 0.3) is 0 Å². The number of nitro groups is 1. The largest absolute Gasteiger partial charge is 0.478 e. The van der Waals surface area contributed by atoms with Crippen molar-refractivity contribution in [2.45, 2.75) is 20.5 Å². The van der Waals surface area contributed by atoms with Gasteiger partial charge in [-0.1, -0.05) is 6.07 Å². The molecule has 0 aliphatic carbocycles. The van der Waals surface area contributed by atoms with E-state index in [0.717, 1.165) is 5.56 Å². The second-order valence-corrected chi connectivity index (χ2v) is 4.40. The first kappa shape index (κ1) is 13.8. The Morgan fingerprint density at radius 3 is 2.70 bits per heavy atom. The number of nitro benzene ring substituents is 1. The Bertz CT molecular complexity index is 660. The lowest BCUT2D eigenvalue weighted by molar-refractivity contribution is -0.386. The lowest BCUT2D eigenvalue weighted by Gasteiger charge is -2.09. The fourth-order valence-electron chi connectivity index (χ4n) is 1.93. The molecule has 0 spiro atoms. The van der Waals surface area contributed by atoms with E-state index in [2.05, 4.69) is 0 Å². The third-order valence-electron chi connectivity index (χ3n) is 2.75. The lowest BCUT2D eigenvalue weighted by atomic mass is 10.1. The van der Waals surface area contributed by atoms with Crippen molar-refractivity contribution < 1.29 is 18.9 Å². The minimum Gasteiger partial charge on any atom is -0.478 e. The minimum atomic E-state index is -0.478. The van der Waals surface area contributed by atoms with Gasteiger partial charge in [-0.2, -0.15) is 0 Å². The molecule has 6 heteroatoms. The van der Waals surface area contributed by atoms with E-state index >= 15 is 0 Å². The van der Waals surface area contributed by atoms with Crippen molar-refractivity contribution in [2.24, 2.45) is 0 Å². The van der Waals surface area contributed by atoms with Crippen LogP contribution in [-0.2, 0) is 6.61 Å². The lowest BCUT2D eigenvalue weighted by Crippen LogP contribution is -2.01. The van der Waals surface area contributed by atoms with E-state index in [1.54, 1.807) is 26.0 Å². The van der Waals surface area contributed by atoms with Crippen molar-refractivity contribution in [1.29, 1.82) is 0 Å². The summed E-state index contributed by atoms with van der Waals surface area (Å²) in [5, 5.41) is 11.0. The number of aryl methyl sites for hydroxylation is 2. The molecule has 0 radical (unpaired) electrons. The first-order valence-corrected chi connectivity index (χ1v) is 5.93. The van der Waals surface area contributed by atoms with E-state index < -0.39 is 4.92 Å². The van der Waals surface area contributed by atoms with Crippen LogP contribution in [0.4, 0.5) is 5.69 Å². The summed E-state index contributed by atoms with van der Waals surface area (Å²) in [4.78, 5) is 21.1. The van der Waals surface area contributed by atoms with E-state index in [-0.39, 0.29) is 23.8 Å². The van der Waals surface area contributed by atoms with Gasteiger partial charge in [0.15, 0.2) is 12.0 Å². The number of carbonyl (C=O) groups is 1. The number of benzene rings is 1. The monoisotopic (exact) mass is 275 g/mol. The van der Waals surface area contributed by atoms with Gasteiger partial charge >= 0.3 is 5.69 Å². The fourth-order valence-corrected chi connectivity index (χ4v) is 1.93. The second-order valence-electron chi connectivity index (χ2n) is 4.40. The van der Waals surface area contributed by atoms with Gasteiger partial charge in [0, 0.05) is 6.07 Å². The number of rotatable bonds is 5. The molecule has 0 N–H and O–H groups in total. The Balaban J connectivity index is 2.24. The van der Waals surface area contributed by atoms with Crippen LogP contribution in [-0.4, -0.2) is 11.2 Å². The Labute approximate surface area is 115 Å². The Morgan fingerprint density at radius 2 is 2.10 bits per heavy atom. The average Bonchev–Trinajstić information content (AvgIpc) is 2.84. The van der Waals surface area contributed by atoms with Crippen LogP contribution in [0.2, 0.25) is 0 Å². The summed E-state index contributed by atoms with van der Waals surface area (Å²) in [6, 6.07) is 6.38. The van der Waals surface area contributed by atoms with Crippen LogP contribution in [0.3, 0.4) is 0 Å². The van der Waals surface area contributed by atoms with Gasteiger partial charge in [-0.15, -0.1) is 0 Å². The van der Waals surface area contributed by atoms with Crippen molar-refractivity contribution in [3.05, 3.63) is 57.0 Å². The third kappa shape index (κ3) is 2.85. The fraction of sp³-hybridized carbons (Fsp3) is 0.214. The van der Waals surface area contributed by atoms with E-state index in [1.165, 1.54) is 12.1 Å². The van der Waals surface area contributed by atoms with Crippen LogP contribution in [0.15, 0.2) is 28.7 Å². The topological polar surface area (TPSA) is 82.6 Å². The van der Waals surface area contributed by atoms with Crippen molar-refractivity contribution in [3.8, 4) is 5.75 Å². The Kier molecular flexibility index (Phi) is 3.84. The molecular weight excluding hydrogens is 262 g/mol. The first-order chi connectivity index (χ1) is 9.51. The molecule has 1 aromatic carbocycles. The van der Waals surface area contributed by atoms with Crippen LogP contribution in [0.1, 0.15) is 27.4 Å². The summed E-state index contributed by atoms with van der Waals surface area (Å²) >= 11 is 0. The molecule has 0 unspecified atom stereocenters. The molecule has 0 saturated carbocycles. The molecule has 20 heavy (non-hydrogen) atoms. The van der Waals surface area contributed by atoms with Gasteiger partial charge < -0.3 is 9.15 Å². The smallest absolute Gasteiger partial charge is 0.311 e. The van der Waals surface area contributed by atoms with E-state index in [4.69, 9.17) is 9.15 Å². The van der Waals surface area contributed by atoms with Crippen LogP contribution in [0, 0.1) is 24.0 Å². The number of hydrogen-bond acceptors (Lipinski definition) is 5. The van der Waals surface area contributed by atoms with Crippen molar-refractivity contribution in [2.75, 3.05) is 0 Å². The molecule has 0 fully saturated rings. The summed E-state index contributed by atoms with van der Waals surface area (Å²) < 4.78 is 10.6. The summed E-state index contributed by atoms with van der Waals surface area (Å²) in [6.07, 6.45) is 0.586. The molecule has 2 aromatic rings. The molecule has 0 aliphatic heterocycles. The SMILES string of the molecule is Cc1cc(C)c(OCc2ccc(C=O)o2)c([N+](=O)[O-])c1. The summed E-state index contributed by atoms with van der Waals surface area (Å²) in [7, 11) is 0. The average molecular weight is 275 g/mol. The quantitative estimate of drug-likeness (QED) is 0.475. The van der Waals surface area contributed by atoms with E-state index in [9.17, 15) is 14.9 Å². The Morgan fingerprint density at radius 1 is 1.35 bits per heavy atom. The highest BCUT2D eigenvalue weighted by Gasteiger charge is 2.19. The highest BCUT2D eigenvalue weighted by atomic mass is 16.6. The van der Waals surface area contributed by atoms with Gasteiger partial charge in [0.2, 0.25) is 5.75 Å². The maximum atomic E-state index is 11.0. The third-order valence-corrected chi connectivity index (χ3v) is 2.75. The molecule has 0 aliphatic rings. The maximum absolute atomic E-state index is 11.0.